The van der Waals surface area contributed by atoms with E-state index >= 15 is 0 Å². The van der Waals surface area contributed by atoms with Crippen LogP contribution in [0.2, 0.25) is 0 Å². The van der Waals surface area contributed by atoms with Gasteiger partial charge in [-0.3, -0.25) is 9.69 Å². The Bertz CT molecular complexity index is 495. The highest BCUT2D eigenvalue weighted by molar-refractivity contribution is 5.66. The molecule has 2 rings (SSSR count). The number of carbonyl (C=O) groups is 1. The lowest BCUT2D eigenvalue weighted by Gasteiger charge is -2.36. The zero-order chi connectivity index (χ0) is 15.4. The molecule has 0 bridgehead atoms. The third-order valence-electron chi connectivity index (χ3n) is 4.42. The first-order chi connectivity index (χ1) is 9.97. The van der Waals surface area contributed by atoms with E-state index < -0.39 is 5.97 Å². The number of rotatable bonds is 5. The quantitative estimate of drug-likeness (QED) is 0.727. The Labute approximate surface area is 124 Å². The van der Waals surface area contributed by atoms with Crippen LogP contribution in [0.25, 0.3) is 0 Å². The van der Waals surface area contributed by atoms with Crippen LogP contribution < -0.4 is 0 Å². The van der Waals surface area contributed by atoms with Gasteiger partial charge in [-0.2, -0.15) is 0 Å². The maximum atomic E-state index is 10.6. The summed E-state index contributed by atoms with van der Waals surface area (Å²) in [6, 6.07) is 4.64. The van der Waals surface area contributed by atoms with Crippen molar-refractivity contribution in [1.82, 2.24) is 4.90 Å². The molecule has 3 N–H and O–H groups in total. The highest BCUT2D eigenvalue weighted by Crippen LogP contribution is 2.34. The first kappa shape index (κ1) is 15.6. The molecule has 5 heteroatoms. The Hall–Kier alpha value is -1.75. The molecule has 0 amide bonds. The summed E-state index contributed by atoms with van der Waals surface area (Å²) in [6.45, 7) is 3.80. The summed E-state index contributed by atoms with van der Waals surface area (Å²) in [5.41, 5.74) is 0.735. The van der Waals surface area contributed by atoms with Crippen molar-refractivity contribution in [1.29, 1.82) is 0 Å². The van der Waals surface area contributed by atoms with Crippen molar-refractivity contribution in [2.45, 2.75) is 38.6 Å². The lowest BCUT2D eigenvalue weighted by molar-refractivity contribution is -0.137. The van der Waals surface area contributed by atoms with Gasteiger partial charge in [0.2, 0.25) is 0 Å². The standard InChI is InChI=1S/C16H23NO4/c1-11(14-10-13(18)3-4-15(14)19)17-8-6-12(7-9-17)2-5-16(20)21/h3-4,10-12,18-19H,2,5-9H2,1H3,(H,20,21). The van der Waals surface area contributed by atoms with Crippen molar-refractivity contribution in [3.05, 3.63) is 23.8 Å². The predicted molar refractivity (Wildman–Crippen MR) is 79.4 cm³/mol. The van der Waals surface area contributed by atoms with Crippen LogP contribution in [0, 0.1) is 5.92 Å². The average molecular weight is 293 g/mol. The Kier molecular flexibility index (Phi) is 5.07. The number of likely N-dealkylation sites (tertiary alicyclic amines) is 1. The van der Waals surface area contributed by atoms with Crippen molar-refractivity contribution in [3.63, 3.8) is 0 Å². The fraction of sp³-hybridized carbons (Fsp3) is 0.562. The van der Waals surface area contributed by atoms with Crippen LogP contribution in [0.15, 0.2) is 18.2 Å². The smallest absolute Gasteiger partial charge is 0.303 e. The van der Waals surface area contributed by atoms with E-state index in [1.165, 1.54) is 12.1 Å². The maximum absolute atomic E-state index is 10.6. The zero-order valence-electron chi connectivity index (χ0n) is 12.3. The van der Waals surface area contributed by atoms with Gasteiger partial charge in [0.25, 0.3) is 0 Å². The summed E-state index contributed by atoms with van der Waals surface area (Å²) in [6.07, 6.45) is 2.96. The molecule has 1 heterocycles. The van der Waals surface area contributed by atoms with Crippen molar-refractivity contribution in [2.75, 3.05) is 13.1 Å². The van der Waals surface area contributed by atoms with Gasteiger partial charge in [-0.05, 0) is 63.4 Å². The van der Waals surface area contributed by atoms with Crippen LogP contribution in [-0.2, 0) is 4.79 Å². The summed E-state index contributed by atoms with van der Waals surface area (Å²) >= 11 is 0. The Morgan fingerprint density at radius 3 is 2.62 bits per heavy atom. The second-order valence-electron chi connectivity index (χ2n) is 5.83. The number of carboxylic acid groups (broad SMARTS) is 1. The number of hydrogen-bond donors (Lipinski definition) is 3. The van der Waals surface area contributed by atoms with Gasteiger partial charge in [0, 0.05) is 18.0 Å². The number of aliphatic carboxylic acids is 1. The molecule has 0 aliphatic carbocycles. The van der Waals surface area contributed by atoms with Gasteiger partial charge < -0.3 is 15.3 Å². The average Bonchev–Trinajstić information content (AvgIpc) is 2.47. The van der Waals surface area contributed by atoms with Crippen LogP contribution in [0.1, 0.15) is 44.2 Å². The predicted octanol–water partition coefficient (Wildman–Crippen LogP) is 2.74. The lowest BCUT2D eigenvalue weighted by Crippen LogP contribution is -2.35. The van der Waals surface area contributed by atoms with E-state index in [1.807, 2.05) is 6.92 Å². The van der Waals surface area contributed by atoms with Gasteiger partial charge in [0.05, 0.1) is 0 Å². The van der Waals surface area contributed by atoms with Gasteiger partial charge >= 0.3 is 5.97 Å². The lowest BCUT2D eigenvalue weighted by atomic mass is 9.90. The van der Waals surface area contributed by atoms with Gasteiger partial charge in [-0.1, -0.05) is 0 Å². The Morgan fingerprint density at radius 2 is 2.00 bits per heavy atom. The van der Waals surface area contributed by atoms with E-state index in [4.69, 9.17) is 5.11 Å². The number of piperidine rings is 1. The molecule has 116 valence electrons. The summed E-state index contributed by atoms with van der Waals surface area (Å²) in [4.78, 5) is 12.9. The molecule has 1 atom stereocenters. The maximum Gasteiger partial charge on any atom is 0.303 e. The zero-order valence-corrected chi connectivity index (χ0v) is 12.3. The van der Waals surface area contributed by atoms with Crippen molar-refractivity contribution in [2.24, 2.45) is 5.92 Å². The van der Waals surface area contributed by atoms with E-state index in [-0.39, 0.29) is 24.0 Å². The Balaban J connectivity index is 1.92. The molecule has 5 nitrogen and oxygen atoms in total. The second-order valence-corrected chi connectivity index (χ2v) is 5.83. The van der Waals surface area contributed by atoms with Crippen molar-refractivity contribution in [3.8, 4) is 11.5 Å². The molecule has 1 aliphatic rings. The van der Waals surface area contributed by atoms with Gasteiger partial charge in [0.1, 0.15) is 11.5 Å². The molecule has 0 spiro atoms. The molecule has 0 saturated carbocycles. The third-order valence-corrected chi connectivity index (χ3v) is 4.42. The van der Waals surface area contributed by atoms with Crippen LogP contribution in [0.3, 0.4) is 0 Å². The fourth-order valence-electron chi connectivity index (χ4n) is 3.03. The second kappa shape index (κ2) is 6.80. The molecule has 0 radical (unpaired) electrons. The third kappa shape index (κ3) is 4.11. The monoisotopic (exact) mass is 293 g/mol. The van der Waals surface area contributed by atoms with E-state index in [9.17, 15) is 15.0 Å². The largest absolute Gasteiger partial charge is 0.508 e. The number of carboxylic acids is 1. The molecule has 1 aromatic carbocycles. The highest BCUT2D eigenvalue weighted by Gasteiger charge is 2.25. The number of benzene rings is 1. The molecule has 21 heavy (non-hydrogen) atoms. The highest BCUT2D eigenvalue weighted by atomic mass is 16.4. The van der Waals surface area contributed by atoms with Crippen LogP contribution >= 0.6 is 0 Å². The van der Waals surface area contributed by atoms with E-state index in [2.05, 4.69) is 4.90 Å². The summed E-state index contributed by atoms with van der Waals surface area (Å²) in [5.74, 6) is 0.108. The molecule has 1 aromatic rings. The normalized spacial score (nSPS) is 18.5. The SMILES string of the molecule is CC(c1cc(O)ccc1O)N1CCC(CCC(=O)O)CC1. The topological polar surface area (TPSA) is 81.0 Å². The molecule has 1 aliphatic heterocycles. The molecular weight excluding hydrogens is 270 g/mol. The summed E-state index contributed by atoms with van der Waals surface area (Å²) in [7, 11) is 0. The van der Waals surface area contributed by atoms with Crippen molar-refractivity contribution < 1.29 is 20.1 Å². The Morgan fingerprint density at radius 1 is 1.33 bits per heavy atom. The number of aromatic hydroxyl groups is 2. The molecular formula is C16H23NO4. The van der Waals surface area contributed by atoms with Crippen molar-refractivity contribution >= 4 is 5.97 Å². The number of phenols is 2. The first-order valence-electron chi connectivity index (χ1n) is 7.45. The van der Waals surface area contributed by atoms with E-state index in [1.54, 1.807) is 6.07 Å². The molecule has 1 unspecified atom stereocenters. The van der Waals surface area contributed by atoms with Gasteiger partial charge in [-0.15, -0.1) is 0 Å². The number of hydrogen-bond acceptors (Lipinski definition) is 4. The molecule has 1 saturated heterocycles. The van der Waals surface area contributed by atoms with E-state index in [0.29, 0.717) is 5.92 Å². The first-order valence-corrected chi connectivity index (χ1v) is 7.45. The van der Waals surface area contributed by atoms with Gasteiger partial charge in [-0.25, -0.2) is 0 Å². The molecule has 0 aromatic heterocycles. The summed E-state index contributed by atoms with van der Waals surface area (Å²) in [5, 5.41) is 28.2. The minimum absolute atomic E-state index is 0.0394. The molecule has 1 fully saturated rings. The number of nitrogens with zero attached hydrogens (tertiary/aromatic N) is 1. The van der Waals surface area contributed by atoms with Crippen LogP contribution in [0.4, 0.5) is 0 Å². The number of phenolic OH excluding ortho intramolecular Hbond substituents is 2. The summed E-state index contributed by atoms with van der Waals surface area (Å²) < 4.78 is 0. The van der Waals surface area contributed by atoms with Crippen LogP contribution in [-0.4, -0.2) is 39.3 Å². The fourth-order valence-corrected chi connectivity index (χ4v) is 3.03. The van der Waals surface area contributed by atoms with Crippen LogP contribution in [0.5, 0.6) is 11.5 Å². The van der Waals surface area contributed by atoms with E-state index in [0.717, 1.165) is 37.9 Å². The minimum Gasteiger partial charge on any atom is -0.508 e. The van der Waals surface area contributed by atoms with Gasteiger partial charge in [0.15, 0.2) is 0 Å². The minimum atomic E-state index is -0.726.